The first-order valence-corrected chi connectivity index (χ1v) is 8.35. The van der Waals surface area contributed by atoms with Gasteiger partial charge in [0, 0.05) is 12.3 Å². The quantitative estimate of drug-likeness (QED) is 0.475. The van der Waals surface area contributed by atoms with Crippen LogP contribution in [0.4, 0.5) is 4.79 Å². The molecule has 2 aliphatic heterocycles. The molecule has 0 aliphatic carbocycles. The molecule has 5 nitrogen and oxygen atoms in total. The van der Waals surface area contributed by atoms with Gasteiger partial charge in [0.05, 0.1) is 19.1 Å². The molecule has 2 rings (SSSR count). The molecule has 2 N–H and O–H groups in total. The summed E-state index contributed by atoms with van der Waals surface area (Å²) in [4.78, 5) is 24.3. The number of amides is 3. The van der Waals surface area contributed by atoms with Crippen LogP contribution in [0.5, 0.6) is 0 Å². The molecule has 0 aromatic carbocycles. The van der Waals surface area contributed by atoms with Crippen LogP contribution in [-0.4, -0.2) is 46.6 Å². The monoisotopic (exact) mass is 308 g/mol. The maximum atomic E-state index is 12.6. The van der Waals surface area contributed by atoms with Crippen molar-refractivity contribution in [3.8, 4) is 0 Å². The van der Waals surface area contributed by atoms with Crippen molar-refractivity contribution in [2.24, 2.45) is 5.92 Å². The van der Waals surface area contributed by atoms with Crippen LogP contribution in [0, 0.1) is 5.92 Å². The number of rotatable bonds is 4. The van der Waals surface area contributed by atoms with Crippen LogP contribution in [-0.2, 0) is 4.79 Å². The van der Waals surface area contributed by atoms with Gasteiger partial charge in [-0.2, -0.15) is 0 Å². The minimum atomic E-state index is -0.778. The van der Waals surface area contributed by atoms with Crippen molar-refractivity contribution < 1.29 is 14.1 Å². The van der Waals surface area contributed by atoms with E-state index >= 15 is 0 Å². The number of carbonyl (C=O) groups is 2. The van der Waals surface area contributed by atoms with Crippen LogP contribution in [0.25, 0.3) is 0 Å². The number of carbonyl (C=O) groups excluding carboxylic acids is 2. The van der Waals surface area contributed by atoms with Gasteiger partial charge in [0.1, 0.15) is 11.1 Å². The van der Waals surface area contributed by atoms with Crippen LogP contribution in [0.3, 0.4) is 0 Å². The summed E-state index contributed by atoms with van der Waals surface area (Å²) < 4.78 is 0.916. The second-order valence-electron chi connectivity index (χ2n) is 7.19. The fourth-order valence-electron chi connectivity index (χ4n) is 5.23. The van der Waals surface area contributed by atoms with Gasteiger partial charge in [-0.15, -0.1) is 0 Å². The van der Waals surface area contributed by atoms with Gasteiger partial charge in [-0.25, -0.2) is 4.79 Å². The molecule has 1 spiro atoms. The third-order valence-electron chi connectivity index (χ3n) is 6.85. The number of imide groups is 1. The van der Waals surface area contributed by atoms with E-state index in [0.717, 1.165) is 24.0 Å². The summed E-state index contributed by atoms with van der Waals surface area (Å²) in [5.74, 6) is -0.114. The number of likely N-dealkylation sites (N-methyl/N-ethyl adjacent to an activating group) is 1. The molecule has 22 heavy (non-hydrogen) atoms. The van der Waals surface area contributed by atoms with Crippen molar-refractivity contribution in [3.05, 3.63) is 12.7 Å². The number of hydrogen-bond acceptors (Lipinski definition) is 2. The highest BCUT2D eigenvalue weighted by Crippen LogP contribution is 2.50. The molecule has 0 radical (unpaired) electrons. The number of hydrogen-bond donors (Lipinski definition) is 2. The summed E-state index contributed by atoms with van der Waals surface area (Å²) in [5, 5.41) is 5.41. The van der Waals surface area contributed by atoms with Gasteiger partial charge in [0.25, 0.3) is 5.91 Å². The van der Waals surface area contributed by atoms with Gasteiger partial charge in [-0.3, -0.25) is 10.1 Å². The summed E-state index contributed by atoms with van der Waals surface area (Å²) in [6.45, 7) is 16.8. The summed E-state index contributed by atoms with van der Waals surface area (Å²) >= 11 is 0. The molecular formula is C17H30N3O2+. The van der Waals surface area contributed by atoms with Crippen molar-refractivity contribution in [3.63, 3.8) is 0 Å². The van der Waals surface area contributed by atoms with Gasteiger partial charge in [-0.05, 0) is 33.3 Å². The fraction of sp³-hybridized carbons (Fsp3) is 0.765. The first-order valence-electron chi connectivity index (χ1n) is 8.35. The van der Waals surface area contributed by atoms with Crippen molar-refractivity contribution in [1.29, 1.82) is 0 Å². The molecule has 0 bridgehead atoms. The Labute approximate surface area is 133 Å². The first-order chi connectivity index (χ1) is 10.2. The molecule has 124 valence electrons. The Bertz CT molecular complexity index is 506. The lowest BCUT2D eigenvalue weighted by Crippen LogP contribution is -2.79. The number of piperidine rings is 1. The van der Waals surface area contributed by atoms with Gasteiger partial charge in [-0.1, -0.05) is 20.4 Å². The van der Waals surface area contributed by atoms with E-state index in [1.54, 1.807) is 0 Å². The number of nitrogens with one attached hydrogen (secondary N) is 2. The van der Waals surface area contributed by atoms with E-state index in [0.29, 0.717) is 6.42 Å². The summed E-state index contributed by atoms with van der Waals surface area (Å²) in [7, 11) is 0. The molecule has 5 unspecified atom stereocenters. The average molecular weight is 308 g/mol. The Morgan fingerprint density at radius 2 is 2.00 bits per heavy atom. The molecule has 5 heteroatoms. The van der Waals surface area contributed by atoms with Gasteiger partial charge < -0.3 is 9.80 Å². The van der Waals surface area contributed by atoms with Crippen LogP contribution < -0.4 is 10.6 Å². The van der Waals surface area contributed by atoms with Crippen LogP contribution in [0.1, 0.15) is 47.5 Å². The number of quaternary nitrogens is 1. The minimum Gasteiger partial charge on any atom is -0.322 e. The summed E-state index contributed by atoms with van der Waals surface area (Å²) in [6, 6.07) is -0.0870. The Balaban J connectivity index is 2.58. The topological polar surface area (TPSA) is 58.2 Å². The van der Waals surface area contributed by atoms with E-state index in [1.807, 2.05) is 6.08 Å². The number of nitrogens with zero attached hydrogens (tertiary/aromatic N) is 1. The first kappa shape index (κ1) is 17.0. The van der Waals surface area contributed by atoms with Crippen molar-refractivity contribution in [2.75, 3.05) is 13.1 Å². The van der Waals surface area contributed by atoms with Gasteiger partial charge in [0.15, 0.2) is 0 Å². The van der Waals surface area contributed by atoms with E-state index in [9.17, 15) is 9.59 Å². The van der Waals surface area contributed by atoms with Gasteiger partial charge >= 0.3 is 6.03 Å². The largest absolute Gasteiger partial charge is 0.322 e. The lowest BCUT2D eigenvalue weighted by molar-refractivity contribution is -0.998. The Hall–Kier alpha value is -1.36. The maximum absolute atomic E-state index is 12.6. The minimum absolute atomic E-state index is 0.0487. The van der Waals surface area contributed by atoms with E-state index < -0.39 is 5.54 Å². The molecule has 2 fully saturated rings. The van der Waals surface area contributed by atoms with Crippen LogP contribution in [0.15, 0.2) is 12.7 Å². The smallest absolute Gasteiger partial charge is 0.322 e. The normalized spacial score (nSPS) is 44.8. The van der Waals surface area contributed by atoms with Crippen LogP contribution >= 0.6 is 0 Å². The molecule has 2 saturated heterocycles. The third-order valence-corrected chi connectivity index (χ3v) is 6.85. The SMILES string of the molecule is C=CC[N+]1(CC)C(C)CC2(NC(=O)NC2=O)C(C)C1(C)CC. The standard InChI is InChI=1S/C17H29N3O2/c1-7-10-20(9-3)12(4)11-17(13(5)16(20,6)8-2)14(21)18-15(22)19-17/h7,12-13H,1,8-11H2,2-6H3,(H-,18,19,21,22)/p+1. The predicted octanol–water partition coefficient (Wildman–Crippen LogP) is 2.18. The highest BCUT2D eigenvalue weighted by Gasteiger charge is 2.67. The highest BCUT2D eigenvalue weighted by molar-refractivity contribution is 6.07. The van der Waals surface area contributed by atoms with E-state index in [-0.39, 0.29) is 29.4 Å². The zero-order valence-corrected chi connectivity index (χ0v) is 14.5. The highest BCUT2D eigenvalue weighted by atomic mass is 16.2. The molecule has 0 saturated carbocycles. The molecule has 0 aromatic rings. The fourth-order valence-corrected chi connectivity index (χ4v) is 5.23. The maximum Gasteiger partial charge on any atom is 0.322 e. The van der Waals surface area contributed by atoms with Crippen LogP contribution in [0.2, 0.25) is 0 Å². The van der Waals surface area contributed by atoms with Gasteiger partial charge in [0.2, 0.25) is 0 Å². The molecule has 3 amide bonds. The zero-order chi connectivity index (χ0) is 16.8. The number of likely N-dealkylation sites (tertiary alicyclic amines) is 1. The molecular weight excluding hydrogens is 278 g/mol. The van der Waals surface area contributed by atoms with E-state index in [2.05, 4.69) is 51.8 Å². The molecule has 5 atom stereocenters. The Morgan fingerprint density at radius 3 is 2.41 bits per heavy atom. The molecule has 2 heterocycles. The molecule has 2 aliphatic rings. The van der Waals surface area contributed by atoms with E-state index in [4.69, 9.17) is 0 Å². The third kappa shape index (κ3) is 1.87. The Morgan fingerprint density at radius 1 is 1.36 bits per heavy atom. The predicted molar refractivity (Wildman–Crippen MR) is 87.2 cm³/mol. The van der Waals surface area contributed by atoms with Crippen molar-refractivity contribution in [2.45, 2.75) is 64.6 Å². The second kappa shape index (κ2) is 5.37. The van der Waals surface area contributed by atoms with E-state index in [1.165, 1.54) is 0 Å². The summed E-state index contributed by atoms with van der Waals surface area (Å²) in [6.07, 6.45) is 3.61. The van der Waals surface area contributed by atoms with Crippen molar-refractivity contribution >= 4 is 11.9 Å². The van der Waals surface area contributed by atoms with Crippen molar-refractivity contribution in [1.82, 2.24) is 10.6 Å². The second-order valence-corrected chi connectivity index (χ2v) is 7.19. The lowest BCUT2D eigenvalue weighted by atomic mass is 9.62. The lowest BCUT2D eigenvalue weighted by Gasteiger charge is -2.63. The number of urea groups is 1. The molecule has 0 aromatic heterocycles. The summed E-state index contributed by atoms with van der Waals surface area (Å²) in [5.41, 5.74) is -0.880. The average Bonchev–Trinajstić information content (AvgIpc) is 2.76. The Kier molecular flexibility index (Phi) is 4.15. The zero-order valence-electron chi connectivity index (χ0n) is 14.5.